The molecule has 2 aromatic carbocycles. The lowest BCUT2D eigenvalue weighted by atomic mass is 9.99. The number of benzene rings is 2. The minimum atomic E-state index is -3.43. The average molecular weight is 345 g/mol. The highest BCUT2D eigenvalue weighted by molar-refractivity contribution is 7.89. The molecule has 1 saturated heterocycles. The Morgan fingerprint density at radius 3 is 2.38 bits per heavy atom. The van der Waals surface area contributed by atoms with Crippen LogP contribution in [0.1, 0.15) is 12.5 Å². The van der Waals surface area contributed by atoms with E-state index in [1.54, 1.807) is 16.4 Å². The quantitative estimate of drug-likeness (QED) is 0.835. The highest BCUT2D eigenvalue weighted by Gasteiger charge is 2.37. The zero-order valence-electron chi connectivity index (χ0n) is 14.1. The maximum absolute atomic E-state index is 12.8. The summed E-state index contributed by atoms with van der Waals surface area (Å²) in [4.78, 5) is 0.366. The van der Waals surface area contributed by atoms with Gasteiger partial charge >= 0.3 is 0 Å². The lowest BCUT2D eigenvalue weighted by molar-refractivity contribution is 0.231. The molecule has 0 amide bonds. The van der Waals surface area contributed by atoms with E-state index in [2.05, 4.69) is 6.92 Å². The molecule has 0 aromatic heterocycles. The highest BCUT2D eigenvalue weighted by atomic mass is 32.2. The van der Waals surface area contributed by atoms with Gasteiger partial charge in [-0.3, -0.25) is 0 Å². The number of ether oxygens (including phenoxy) is 1. The number of nitrogens with zero attached hydrogens (tertiary/aromatic N) is 1. The van der Waals surface area contributed by atoms with Gasteiger partial charge in [0.05, 0.1) is 11.5 Å². The highest BCUT2D eigenvalue weighted by Crippen LogP contribution is 2.29. The summed E-state index contributed by atoms with van der Waals surface area (Å²) < 4.78 is 33.0. The third-order valence-electron chi connectivity index (χ3n) is 4.60. The van der Waals surface area contributed by atoms with Crippen molar-refractivity contribution in [3.05, 3.63) is 60.2 Å². The van der Waals surface area contributed by atoms with Crippen molar-refractivity contribution in [2.24, 2.45) is 11.8 Å². The monoisotopic (exact) mass is 345 g/mol. The molecular weight excluding hydrogens is 322 g/mol. The Kier molecular flexibility index (Phi) is 4.92. The molecule has 1 fully saturated rings. The zero-order valence-corrected chi connectivity index (χ0v) is 14.9. The van der Waals surface area contributed by atoms with Crippen LogP contribution in [0.2, 0.25) is 0 Å². The normalized spacial score (nSPS) is 21.8. The van der Waals surface area contributed by atoms with Gasteiger partial charge in [0, 0.05) is 19.0 Å². The van der Waals surface area contributed by atoms with Crippen LogP contribution in [0.3, 0.4) is 0 Å². The van der Waals surface area contributed by atoms with Gasteiger partial charge in [0.25, 0.3) is 0 Å². The smallest absolute Gasteiger partial charge is 0.243 e. The number of sulfonamides is 1. The first-order valence-electron chi connectivity index (χ1n) is 8.21. The predicted octanol–water partition coefficient (Wildman–Crippen LogP) is 3.33. The van der Waals surface area contributed by atoms with Gasteiger partial charge in [-0.1, -0.05) is 42.8 Å². The number of hydrogen-bond donors (Lipinski definition) is 0. The second-order valence-electron chi connectivity index (χ2n) is 6.50. The summed E-state index contributed by atoms with van der Waals surface area (Å²) in [7, 11) is -3.43. The van der Waals surface area contributed by atoms with Gasteiger partial charge in [0.1, 0.15) is 5.75 Å². The average Bonchev–Trinajstić information content (AvgIpc) is 2.96. The Morgan fingerprint density at radius 1 is 1.04 bits per heavy atom. The van der Waals surface area contributed by atoms with E-state index in [1.807, 2.05) is 49.4 Å². The molecule has 0 aliphatic carbocycles. The van der Waals surface area contributed by atoms with Crippen LogP contribution in [0.4, 0.5) is 0 Å². The molecule has 0 bridgehead atoms. The zero-order chi connectivity index (χ0) is 17.2. The van der Waals surface area contributed by atoms with Crippen LogP contribution in [-0.4, -0.2) is 32.4 Å². The molecule has 4 nitrogen and oxygen atoms in total. The van der Waals surface area contributed by atoms with Crippen LogP contribution in [0.15, 0.2) is 59.5 Å². The molecule has 0 spiro atoms. The number of hydrogen-bond acceptors (Lipinski definition) is 3. The van der Waals surface area contributed by atoms with E-state index in [0.29, 0.717) is 24.6 Å². The molecule has 2 aromatic rings. The molecular formula is C19H23NO3S. The van der Waals surface area contributed by atoms with E-state index in [4.69, 9.17) is 4.74 Å². The minimum absolute atomic E-state index is 0.199. The second kappa shape index (κ2) is 6.95. The van der Waals surface area contributed by atoms with Crippen LogP contribution in [0.25, 0.3) is 0 Å². The lowest BCUT2D eigenvalue weighted by Crippen LogP contribution is -2.29. The van der Waals surface area contributed by atoms with Crippen molar-refractivity contribution in [1.82, 2.24) is 4.31 Å². The van der Waals surface area contributed by atoms with Crippen LogP contribution in [0, 0.1) is 18.8 Å². The van der Waals surface area contributed by atoms with Crippen molar-refractivity contribution < 1.29 is 13.2 Å². The van der Waals surface area contributed by atoms with Gasteiger partial charge in [0.2, 0.25) is 10.0 Å². The molecule has 128 valence electrons. The van der Waals surface area contributed by atoms with Crippen LogP contribution in [0.5, 0.6) is 5.75 Å². The van der Waals surface area contributed by atoms with E-state index in [-0.39, 0.29) is 11.8 Å². The fourth-order valence-corrected chi connectivity index (χ4v) is 4.58. The van der Waals surface area contributed by atoms with Gasteiger partial charge in [-0.15, -0.1) is 0 Å². The molecule has 0 N–H and O–H groups in total. The number of aryl methyl sites for hydroxylation is 1. The van der Waals surface area contributed by atoms with Crippen molar-refractivity contribution in [3.63, 3.8) is 0 Å². The molecule has 0 saturated carbocycles. The number of rotatable bonds is 5. The Bertz CT molecular complexity index is 772. The first-order chi connectivity index (χ1) is 11.5. The Morgan fingerprint density at radius 2 is 1.71 bits per heavy atom. The SMILES string of the molecule is Cc1ccc(S(=O)(=O)N2C[C@H](COc3ccccc3)[C@H](C)C2)cc1. The van der Waals surface area contributed by atoms with Crippen LogP contribution >= 0.6 is 0 Å². The topological polar surface area (TPSA) is 46.6 Å². The van der Waals surface area contributed by atoms with E-state index >= 15 is 0 Å². The summed E-state index contributed by atoms with van der Waals surface area (Å²) in [6.07, 6.45) is 0. The summed E-state index contributed by atoms with van der Waals surface area (Å²) in [5, 5.41) is 0. The minimum Gasteiger partial charge on any atom is -0.493 e. The van der Waals surface area contributed by atoms with Crippen LogP contribution in [-0.2, 0) is 10.0 Å². The van der Waals surface area contributed by atoms with E-state index < -0.39 is 10.0 Å². The van der Waals surface area contributed by atoms with Gasteiger partial charge in [-0.25, -0.2) is 8.42 Å². The van der Waals surface area contributed by atoms with Crippen molar-refractivity contribution in [3.8, 4) is 5.75 Å². The van der Waals surface area contributed by atoms with Gasteiger partial charge in [-0.2, -0.15) is 4.31 Å². The van der Waals surface area contributed by atoms with Crippen molar-refractivity contribution >= 4 is 10.0 Å². The van der Waals surface area contributed by atoms with E-state index in [0.717, 1.165) is 11.3 Å². The van der Waals surface area contributed by atoms with E-state index in [1.165, 1.54) is 0 Å². The summed E-state index contributed by atoms with van der Waals surface area (Å²) in [5.41, 5.74) is 1.05. The van der Waals surface area contributed by atoms with Gasteiger partial charge in [0.15, 0.2) is 0 Å². The Balaban J connectivity index is 1.67. The number of para-hydroxylation sites is 1. The molecule has 24 heavy (non-hydrogen) atoms. The summed E-state index contributed by atoms with van der Waals surface area (Å²) in [6, 6.07) is 16.7. The second-order valence-corrected chi connectivity index (χ2v) is 8.43. The molecule has 0 radical (unpaired) electrons. The molecule has 3 rings (SSSR count). The maximum atomic E-state index is 12.8. The van der Waals surface area contributed by atoms with Crippen molar-refractivity contribution in [2.75, 3.05) is 19.7 Å². The predicted molar refractivity (Wildman–Crippen MR) is 94.5 cm³/mol. The fraction of sp³-hybridized carbons (Fsp3) is 0.368. The van der Waals surface area contributed by atoms with Gasteiger partial charge < -0.3 is 4.74 Å². The Labute approximate surface area is 144 Å². The van der Waals surface area contributed by atoms with Crippen molar-refractivity contribution in [2.45, 2.75) is 18.7 Å². The molecule has 5 heteroatoms. The molecule has 0 unspecified atom stereocenters. The Hall–Kier alpha value is -1.85. The summed E-state index contributed by atoms with van der Waals surface area (Å²) in [5.74, 6) is 1.30. The standard InChI is InChI=1S/C19H23NO3S/c1-15-8-10-19(11-9-15)24(21,22)20-12-16(2)17(13-20)14-23-18-6-4-3-5-7-18/h3-11,16-17H,12-14H2,1-2H3/t16-,17-/m1/s1. The molecule has 1 heterocycles. The van der Waals surface area contributed by atoms with Gasteiger partial charge in [-0.05, 0) is 37.1 Å². The fourth-order valence-electron chi connectivity index (χ4n) is 2.98. The third-order valence-corrected chi connectivity index (χ3v) is 6.45. The lowest BCUT2D eigenvalue weighted by Gasteiger charge is -2.17. The third kappa shape index (κ3) is 3.62. The molecule has 1 aliphatic rings. The molecule has 2 atom stereocenters. The molecule has 1 aliphatic heterocycles. The first-order valence-corrected chi connectivity index (χ1v) is 9.65. The van der Waals surface area contributed by atoms with Crippen molar-refractivity contribution in [1.29, 1.82) is 0 Å². The largest absolute Gasteiger partial charge is 0.493 e. The summed E-state index contributed by atoms with van der Waals surface area (Å²) >= 11 is 0. The maximum Gasteiger partial charge on any atom is 0.243 e. The summed E-state index contributed by atoms with van der Waals surface area (Å²) in [6.45, 7) is 5.61. The first kappa shape index (κ1) is 17.0. The van der Waals surface area contributed by atoms with Crippen LogP contribution < -0.4 is 4.74 Å². The van der Waals surface area contributed by atoms with E-state index in [9.17, 15) is 8.42 Å².